The number of aromatic nitrogens is 1. The van der Waals surface area contributed by atoms with Crippen molar-refractivity contribution < 1.29 is 9.53 Å². The molecule has 4 heteroatoms. The Morgan fingerprint density at radius 3 is 2.68 bits per heavy atom. The number of nitrogens with zero attached hydrogens (tertiary/aromatic N) is 1. The van der Waals surface area contributed by atoms with Crippen molar-refractivity contribution in [2.75, 3.05) is 11.9 Å². The van der Waals surface area contributed by atoms with Gasteiger partial charge in [0.15, 0.2) is 6.10 Å². The van der Waals surface area contributed by atoms with E-state index in [9.17, 15) is 4.79 Å². The molecule has 0 aliphatic carbocycles. The van der Waals surface area contributed by atoms with Crippen molar-refractivity contribution in [3.63, 3.8) is 0 Å². The lowest BCUT2D eigenvalue weighted by atomic mass is 9.71. The smallest absolute Gasteiger partial charge is 0.206 e. The summed E-state index contributed by atoms with van der Waals surface area (Å²) in [4.78, 5) is 17.4. The van der Waals surface area contributed by atoms with E-state index in [0.717, 1.165) is 22.6 Å². The Balaban J connectivity index is 1.72. The molecule has 1 aromatic heterocycles. The van der Waals surface area contributed by atoms with Gasteiger partial charge in [-0.3, -0.25) is 9.78 Å². The number of rotatable bonds is 2. The molecule has 1 spiro atoms. The van der Waals surface area contributed by atoms with E-state index in [1.54, 1.807) is 24.5 Å². The molecule has 0 fully saturated rings. The second-order valence-corrected chi connectivity index (χ2v) is 6.47. The molecule has 5 rings (SSSR count). The van der Waals surface area contributed by atoms with E-state index in [1.807, 2.05) is 30.3 Å². The molecule has 0 radical (unpaired) electrons. The van der Waals surface area contributed by atoms with Crippen LogP contribution in [0.1, 0.15) is 21.5 Å². The third-order valence-electron chi connectivity index (χ3n) is 5.21. The van der Waals surface area contributed by atoms with Gasteiger partial charge in [-0.2, -0.15) is 0 Å². The number of ether oxygens (including phenoxy) is 1. The number of hydrogen-bond acceptors (Lipinski definition) is 4. The number of anilines is 1. The maximum absolute atomic E-state index is 13.3. The van der Waals surface area contributed by atoms with Gasteiger partial charge in [-0.05, 0) is 29.8 Å². The predicted molar refractivity (Wildman–Crippen MR) is 95.1 cm³/mol. The molecule has 3 aromatic rings. The lowest BCUT2D eigenvalue weighted by Gasteiger charge is -2.29. The fourth-order valence-electron chi connectivity index (χ4n) is 4.07. The minimum atomic E-state index is -0.606. The van der Waals surface area contributed by atoms with Crippen LogP contribution >= 0.6 is 0 Å². The van der Waals surface area contributed by atoms with Crippen molar-refractivity contribution in [1.29, 1.82) is 0 Å². The lowest BCUT2D eigenvalue weighted by molar-refractivity contribution is 0.0751. The predicted octanol–water partition coefficient (Wildman–Crippen LogP) is 3.44. The Morgan fingerprint density at radius 2 is 1.84 bits per heavy atom. The molecule has 2 aromatic carbocycles. The Hall–Kier alpha value is -3.14. The van der Waals surface area contributed by atoms with Crippen molar-refractivity contribution in [3.05, 3.63) is 89.7 Å². The van der Waals surface area contributed by atoms with Gasteiger partial charge >= 0.3 is 0 Å². The van der Waals surface area contributed by atoms with E-state index in [0.29, 0.717) is 12.1 Å². The fourth-order valence-corrected chi connectivity index (χ4v) is 4.07. The largest absolute Gasteiger partial charge is 0.481 e. The zero-order chi connectivity index (χ0) is 16.9. The number of carbonyl (C=O) groups is 1. The molecule has 122 valence electrons. The first-order chi connectivity index (χ1) is 12.3. The summed E-state index contributed by atoms with van der Waals surface area (Å²) >= 11 is 0. The van der Waals surface area contributed by atoms with E-state index in [4.69, 9.17) is 4.74 Å². The number of para-hydroxylation sites is 2. The fraction of sp³-hybridized carbons (Fsp3) is 0.143. The number of benzene rings is 2. The highest BCUT2D eigenvalue weighted by Gasteiger charge is 2.56. The van der Waals surface area contributed by atoms with Gasteiger partial charge in [-0.15, -0.1) is 0 Å². The van der Waals surface area contributed by atoms with Gasteiger partial charge in [-0.1, -0.05) is 36.4 Å². The number of nitrogens with one attached hydrogen (secondary N) is 1. The molecule has 2 atom stereocenters. The average Bonchev–Trinajstić information content (AvgIpc) is 3.23. The minimum absolute atomic E-state index is 0.0391. The van der Waals surface area contributed by atoms with Gasteiger partial charge in [0.1, 0.15) is 5.75 Å². The summed E-state index contributed by atoms with van der Waals surface area (Å²) in [5.41, 5.74) is 3.30. The Bertz CT molecular complexity index is 957. The van der Waals surface area contributed by atoms with Crippen molar-refractivity contribution in [2.24, 2.45) is 0 Å². The van der Waals surface area contributed by atoms with Crippen LogP contribution in [0.15, 0.2) is 73.1 Å². The summed E-state index contributed by atoms with van der Waals surface area (Å²) in [6.07, 6.45) is 2.67. The van der Waals surface area contributed by atoms with Crippen molar-refractivity contribution >= 4 is 11.5 Å². The van der Waals surface area contributed by atoms with Crippen LogP contribution in [0.2, 0.25) is 0 Å². The molecule has 2 aliphatic heterocycles. The summed E-state index contributed by atoms with van der Waals surface area (Å²) in [5, 5.41) is 3.46. The Morgan fingerprint density at radius 1 is 1.04 bits per heavy atom. The second-order valence-electron chi connectivity index (χ2n) is 6.47. The number of fused-ring (bicyclic) bond motifs is 4. The van der Waals surface area contributed by atoms with E-state index in [-0.39, 0.29) is 5.78 Å². The molecule has 3 heterocycles. The summed E-state index contributed by atoms with van der Waals surface area (Å²) < 4.78 is 6.20. The maximum atomic E-state index is 13.3. The summed E-state index contributed by atoms with van der Waals surface area (Å²) in [6.45, 7) is 0.639. The topological polar surface area (TPSA) is 51.2 Å². The third-order valence-corrected chi connectivity index (χ3v) is 5.21. The highest BCUT2D eigenvalue weighted by molar-refractivity contribution is 6.02. The van der Waals surface area contributed by atoms with Gasteiger partial charge in [0.05, 0.1) is 5.41 Å². The van der Waals surface area contributed by atoms with Crippen LogP contribution < -0.4 is 10.1 Å². The molecule has 25 heavy (non-hydrogen) atoms. The van der Waals surface area contributed by atoms with Crippen LogP contribution in [0, 0.1) is 0 Å². The quantitative estimate of drug-likeness (QED) is 0.732. The lowest BCUT2D eigenvalue weighted by Crippen LogP contribution is -2.46. The van der Waals surface area contributed by atoms with Gasteiger partial charge in [-0.25, -0.2) is 0 Å². The van der Waals surface area contributed by atoms with Crippen LogP contribution in [-0.2, 0) is 5.41 Å². The molecule has 1 N–H and O–H groups in total. The average molecular weight is 328 g/mol. The van der Waals surface area contributed by atoms with E-state index in [1.165, 1.54) is 0 Å². The first kappa shape index (κ1) is 14.2. The minimum Gasteiger partial charge on any atom is -0.481 e. The third kappa shape index (κ3) is 1.88. The van der Waals surface area contributed by atoms with Gasteiger partial charge in [0, 0.05) is 35.8 Å². The van der Waals surface area contributed by atoms with Crippen LogP contribution in [0.5, 0.6) is 5.75 Å². The van der Waals surface area contributed by atoms with Crippen molar-refractivity contribution in [1.82, 2.24) is 4.98 Å². The first-order valence-corrected chi connectivity index (χ1v) is 8.34. The molecule has 4 nitrogen and oxygen atoms in total. The van der Waals surface area contributed by atoms with Crippen molar-refractivity contribution in [2.45, 2.75) is 11.5 Å². The Kier molecular flexibility index (Phi) is 2.95. The monoisotopic (exact) mass is 328 g/mol. The highest BCUT2D eigenvalue weighted by Crippen LogP contribution is 2.53. The van der Waals surface area contributed by atoms with Gasteiger partial charge < -0.3 is 10.1 Å². The molecular weight excluding hydrogens is 312 g/mol. The van der Waals surface area contributed by atoms with Gasteiger partial charge in [0.2, 0.25) is 5.78 Å². The molecule has 2 unspecified atom stereocenters. The van der Waals surface area contributed by atoms with Crippen LogP contribution in [0.4, 0.5) is 5.69 Å². The zero-order valence-electron chi connectivity index (χ0n) is 13.5. The molecule has 0 saturated heterocycles. The summed E-state index contributed by atoms with van der Waals surface area (Å²) in [5.74, 6) is 0.742. The summed E-state index contributed by atoms with van der Waals surface area (Å²) in [6, 6.07) is 19.7. The number of hydrogen-bond donors (Lipinski definition) is 1. The molecule has 0 amide bonds. The first-order valence-electron chi connectivity index (χ1n) is 8.34. The van der Waals surface area contributed by atoms with E-state index < -0.39 is 11.5 Å². The van der Waals surface area contributed by atoms with Crippen LogP contribution in [-0.4, -0.2) is 23.4 Å². The van der Waals surface area contributed by atoms with E-state index in [2.05, 4.69) is 28.5 Å². The molecular formula is C21H16N2O2. The molecule has 0 bridgehead atoms. The SMILES string of the molecule is O=C(c1cccnc1)C1Oc2ccccc2C12CNc1ccccc12. The number of Topliss-reactive ketones (excluding diaryl/α,β-unsaturated/α-hetero) is 1. The van der Waals surface area contributed by atoms with Crippen molar-refractivity contribution in [3.8, 4) is 5.75 Å². The molecule has 2 aliphatic rings. The standard InChI is InChI=1S/C21H16N2O2/c24-19(14-6-5-11-22-12-14)20-21(16-8-2-4-10-18(16)25-20)13-23-17-9-3-1-7-15(17)21/h1-12,20,23H,13H2. The Labute approximate surface area is 145 Å². The zero-order valence-corrected chi connectivity index (χ0v) is 13.5. The maximum Gasteiger partial charge on any atom is 0.206 e. The number of ketones is 1. The highest BCUT2D eigenvalue weighted by atomic mass is 16.5. The summed E-state index contributed by atoms with van der Waals surface area (Å²) in [7, 11) is 0. The second kappa shape index (κ2) is 5.18. The van der Waals surface area contributed by atoms with Crippen LogP contribution in [0.3, 0.4) is 0 Å². The van der Waals surface area contributed by atoms with E-state index >= 15 is 0 Å². The number of carbonyl (C=O) groups excluding carboxylic acids is 1. The van der Waals surface area contributed by atoms with Gasteiger partial charge in [0.25, 0.3) is 0 Å². The normalized spacial score (nSPS) is 22.8. The van der Waals surface area contributed by atoms with Crippen LogP contribution in [0.25, 0.3) is 0 Å². The number of pyridine rings is 1. The molecule has 0 saturated carbocycles.